The highest BCUT2D eigenvalue weighted by molar-refractivity contribution is 6.30. The highest BCUT2D eigenvalue weighted by Gasteiger charge is 2.35. The molecule has 1 saturated heterocycles. The van der Waals surface area contributed by atoms with Gasteiger partial charge in [0.2, 0.25) is 0 Å². The Morgan fingerprint density at radius 2 is 2.08 bits per heavy atom. The van der Waals surface area contributed by atoms with Crippen LogP contribution in [0.2, 0.25) is 5.02 Å². The Bertz CT molecular complexity index is 938. The predicted octanol–water partition coefficient (Wildman–Crippen LogP) is 2.52. The van der Waals surface area contributed by atoms with Gasteiger partial charge in [-0.05, 0) is 30.7 Å². The van der Waals surface area contributed by atoms with Gasteiger partial charge in [0.1, 0.15) is 0 Å². The normalized spacial score (nSPS) is 20.4. The van der Waals surface area contributed by atoms with Gasteiger partial charge in [0.25, 0.3) is 5.91 Å². The summed E-state index contributed by atoms with van der Waals surface area (Å²) in [7, 11) is 0. The number of carbonyl (C=O) groups is 1. The number of β-amino-alcohol motifs (C(OH)–C–C–N with tert-alkyl or cyclic N) is 1. The zero-order chi connectivity index (χ0) is 17.6. The molecule has 0 unspecified atom stereocenters. The molecule has 25 heavy (non-hydrogen) atoms. The van der Waals surface area contributed by atoms with E-state index in [-0.39, 0.29) is 11.8 Å². The minimum Gasteiger partial charge on any atom is -0.391 e. The minimum absolute atomic E-state index is 0.117. The number of hydrogen-bond acceptors (Lipinski definition) is 4. The second-order valence-corrected chi connectivity index (χ2v) is 6.82. The molecule has 3 heterocycles. The number of amides is 1. The standard InChI is InChI=1S/C18H17ClN4O2/c1-10-14-6-12(7-20-17(14)22-21-10)18(25)23-8-15(16(24)9-23)11-2-4-13(19)5-3-11/h2-7,15-16,24H,8-9H2,1H3,(H,20,21,22)/t15-,16+/m0/s1. The third-order valence-corrected chi connectivity index (χ3v) is 4.97. The number of H-pyrrole nitrogens is 1. The summed E-state index contributed by atoms with van der Waals surface area (Å²) in [5, 5.41) is 18.8. The molecule has 1 aliphatic heterocycles. The zero-order valence-corrected chi connectivity index (χ0v) is 14.4. The molecule has 6 nitrogen and oxygen atoms in total. The van der Waals surface area contributed by atoms with Crippen LogP contribution < -0.4 is 0 Å². The maximum Gasteiger partial charge on any atom is 0.255 e. The first-order chi connectivity index (χ1) is 12.0. The number of pyridine rings is 1. The Labute approximate surface area is 149 Å². The molecule has 2 aromatic heterocycles. The number of aryl methyl sites for hydroxylation is 1. The van der Waals surface area contributed by atoms with E-state index < -0.39 is 6.10 Å². The van der Waals surface area contributed by atoms with Gasteiger partial charge in [0.15, 0.2) is 5.65 Å². The monoisotopic (exact) mass is 356 g/mol. The number of aromatic nitrogens is 3. The molecule has 128 valence electrons. The number of nitrogens with zero attached hydrogens (tertiary/aromatic N) is 3. The van der Waals surface area contributed by atoms with Crippen molar-refractivity contribution in [3.8, 4) is 0 Å². The second-order valence-electron chi connectivity index (χ2n) is 6.38. The summed E-state index contributed by atoms with van der Waals surface area (Å²) in [4.78, 5) is 18.7. The molecule has 0 spiro atoms. The summed E-state index contributed by atoms with van der Waals surface area (Å²) < 4.78 is 0. The molecule has 1 aromatic carbocycles. The number of halogens is 1. The fourth-order valence-electron chi connectivity index (χ4n) is 3.31. The zero-order valence-electron chi connectivity index (χ0n) is 13.6. The first-order valence-corrected chi connectivity index (χ1v) is 8.44. The van der Waals surface area contributed by atoms with Crippen molar-refractivity contribution in [3.63, 3.8) is 0 Å². The number of nitrogens with one attached hydrogen (secondary N) is 1. The fourth-order valence-corrected chi connectivity index (χ4v) is 3.44. The van der Waals surface area contributed by atoms with Crippen molar-refractivity contribution in [3.05, 3.63) is 58.4 Å². The molecule has 3 aromatic rings. The van der Waals surface area contributed by atoms with E-state index in [0.717, 1.165) is 16.6 Å². The van der Waals surface area contributed by atoms with Gasteiger partial charge in [-0.15, -0.1) is 0 Å². The van der Waals surface area contributed by atoms with Crippen LogP contribution in [0.5, 0.6) is 0 Å². The Balaban J connectivity index is 1.58. The number of aromatic amines is 1. The van der Waals surface area contributed by atoms with E-state index in [2.05, 4.69) is 15.2 Å². The number of rotatable bonds is 2. The summed E-state index contributed by atoms with van der Waals surface area (Å²) in [5.41, 5.74) is 2.94. The molecular formula is C18H17ClN4O2. The largest absolute Gasteiger partial charge is 0.391 e. The average Bonchev–Trinajstić information content (AvgIpc) is 3.18. The van der Waals surface area contributed by atoms with E-state index in [0.29, 0.717) is 29.3 Å². The van der Waals surface area contributed by atoms with Gasteiger partial charge in [-0.25, -0.2) is 4.98 Å². The Kier molecular flexibility index (Phi) is 3.94. The van der Waals surface area contributed by atoms with Gasteiger partial charge < -0.3 is 10.0 Å². The number of aliphatic hydroxyl groups excluding tert-OH is 1. The molecule has 1 aliphatic rings. The number of carbonyl (C=O) groups excluding carboxylic acids is 1. The number of likely N-dealkylation sites (tertiary alicyclic amines) is 1. The third kappa shape index (κ3) is 2.88. The molecular weight excluding hydrogens is 340 g/mol. The van der Waals surface area contributed by atoms with Crippen molar-refractivity contribution in [2.75, 3.05) is 13.1 Å². The van der Waals surface area contributed by atoms with Crippen LogP contribution in [-0.2, 0) is 0 Å². The highest BCUT2D eigenvalue weighted by Crippen LogP contribution is 2.29. The van der Waals surface area contributed by atoms with E-state index in [1.807, 2.05) is 19.1 Å². The Morgan fingerprint density at radius 1 is 1.32 bits per heavy atom. The van der Waals surface area contributed by atoms with Gasteiger partial charge in [-0.1, -0.05) is 23.7 Å². The lowest BCUT2D eigenvalue weighted by Gasteiger charge is -2.16. The summed E-state index contributed by atoms with van der Waals surface area (Å²) in [6.45, 7) is 2.65. The van der Waals surface area contributed by atoms with E-state index >= 15 is 0 Å². The van der Waals surface area contributed by atoms with E-state index in [1.165, 1.54) is 6.20 Å². The molecule has 1 amide bonds. The third-order valence-electron chi connectivity index (χ3n) is 4.72. The van der Waals surface area contributed by atoms with Crippen molar-refractivity contribution < 1.29 is 9.90 Å². The van der Waals surface area contributed by atoms with Gasteiger partial charge in [-0.3, -0.25) is 9.89 Å². The van der Waals surface area contributed by atoms with Gasteiger partial charge in [0, 0.05) is 41.3 Å². The maximum absolute atomic E-state index is 12.8. The van der Waals surface area contributed by atoms with Crippen molar-refractivity contribution in [2.45, 2.75) is 18.9 Å². The molecule has 0 saturated carbocycles. The van der Waals surface area contributed by atoms with E-state index in [9.17, 15) is 9.90 Å². The van der Waals surface area contributed by atoms with Crippen molar-refractivity contribution in [1.82, 2.24) is 20.1 Å². The SMILES string of the molecule is Cc1[nH]nc2ncc(C(=O)N3C[C@@H](O)[C@H](c4ccc(Cl)cc4)C3)cc12. The smallest absolute Gasteiger partial charge is 0.255 e. The molecule has 0 radical (unpaired) electrons. The minimum atomic E-state index is -0.600. The van der Waals surface area contributed by atoms with Crippen molar-refractivity contribution in [1.29, 1.82) is 0 Å². The first kappa shape index (κ1) is 16.1. The maximum atomic E-state index is 12.8. The highest BCUT2D eigenvalue weighted by atomic mass is 35.5. The van der Waals surface area contributed by atoms with Crippen LogP contribution in [0.15, 0.2) is 36.5 Å². The number of fused-ring (bicyclic) bond motifs is 1. The summed E-state index contributed by atoms with van der Waals surface area (Å²) in [6.07, 6.45) is 0.935. The molecule has 2 atom stereocenters. The topological polar surface area (TPSA) is 82.1 Å². The lowest BCUT2D eigenvalue weighted by molar-refractivity contribution is 0.0764. The summed E-state index contributed by atoms with van der Waals surface area (Å²) in [5.74, 6) is -0.251. The van der Waals surface area contributed by atoms with Crippen LogP contribution in [0.25, 0.3) is 11.0 Å². The first-order valence-electron chi connectivity index (χ1n) is 8.06. The molecule has 1 fully saturated rings. The van der Waals surface area contributed by atoms with E-state index in [1.54, 1.807) is 23.1 Å². The Hall–Kier alpha value is -2.44. The van der Waals surface area contributed by atoms with Crippen LogP contribution in [-0.4, -0.2) is 50.3 Å². The number of benzene rings is 1. The van der Waals surface area contributed by atoms with Crippen LogP contribution in [0, 0.1) is 6.92 Å². The lowest BCUT2D eigenvalue weighted by atomic mass is 9.96. The van der Waals surface area contributed by atoms with Crippen LogP contribution in [0.3, 0.4) is 0 Å². The van der Waals surface area contributed by atoms with Crippen LogP contribution in [0.4, 0.5) is 0 Å². The van der Waals surface area contributed by atoms with Crippen LogP contribution >= 0.6 is 11.6 Å². The van der Waals surface area contributed by atoms with E-state index in [4.69, 9.17) is 11.6 Å². The molecule has 0 bridgehead atoms. The van der Waals surface area contributed by atoms with Gasteiger partial charge >= 0.3 is 0 Å². The molecule has 7 heteroatoms. The second kappa shape index (κ2) is 6.13. The summed E-state index contributed by atoms with van der Waals surface area (Å²) in [6, 6.07) is 9.19. The van der Waals surface area contributed by atoms with Crippen molar-refractivity contribution in [2.24, 2.45) is 0 Å². The molecule has 0 aliphatic carbocycles. The molecule has 4 rings (SSSR count). The molecule has 2 N–H and O–H groups in total. The van der Waals surface area contributed by atoms with Crippen molar-refractivity contribution >= 4 is 28.5 Å². The average molecular weight is 357 g/mol. The quantitative estimate of drug-likeness (QED) is 0.739. The fraction of sp³-hybridized carbons (Fsp3) is 0.278. The van der Waals surface area contributed by atoms with Crippen LogP contribution in [0.1, 0.15) is 27.5 Å². The summed E-state index contributed by atoms with van der Waals surface area (Å²) >= 11 is 5.92. The Morgan fingerprint density at radius 3 is 2.84 bits per heavy atom. The van der Waals surface area contributed by atoms with Gasteiger partial charge in [-0.2, -0.15) is 5.10 Å². The lowest BCUT2D eigenvalue weighted by Crippen LogP contribution is -2.29. The van der Waals surface area contributed by atoms with Gasteiger partial charge in [0.05, 0.1) is 11.7 Å². The predicted molar refractivity (Wildman–Crippen MR) is 94.7 cm³/mol. The number of hydrogen-bond donors (Lipinski definition) is 2. The number of aliphatic hydroxyl groups is 1.